The van der Waals surface area contributed by atoms with Crippen LogP contribution in [0.15, 0.2) is 53.4 Å². The number of nitrogens with one attached hydrogen (secondary N) is 1. The molecule has 150 valence electrons. The summed E-state index contributed by atoms with van der Waals surface area (Å²) in [6, 6.07) is 10.0. The Morgan fingerprint density at radius 2 is 1.90 bits per heavy atom. The van der Waals surface area contributed by atoms with Gasteiger partial charge in [-0.1, -0.05) is 28.1 Å². The van der Waals surface area contributed by atoms with Crippen LogP contribution in [0.1, 0.15) is 11.9 Å². The lowest BCUT2D eigenvalue weighted by Gasteiger charge is -2.22. The van der Waals surface area contributed by atoms with Gasteiger partial charge >= 0.3 is 0 Å². The fourth-order valence-corrected chi connectivity index (χ4v) is 3.83. The van der Waals surface area contributed by atoms with Gasteiger partial charge in [0.25, 0.3) is 0 Å². The second-order valence-corrected chi connectivity index (χ2v) is 7.84. The minimum absolute atomic E-state index is 0.137. The molecular weight excluding hydrogens is 446 g/mol. The van der Waals surface area contributed by atoms with Crippen LogP contribution in [0.2, 0.25) is 0 Å². The van der Waals surface area contributed by atoms with Crippen molar-refractivity contribution in [2.45, 2.75) is 6.10 Å². The Morgan fingerprint density at radius 3 is 2.67 bits per heavy atom. The molecule has 1 unspecified atom stereocenters. The fourth-order valence-electron chi connectivity index (χ4n) is 3.43. The van der Waals surface area contributed by atoms with Gasteiger partial charge in [0.15, 0.2) is 11.5 Å². The Labute approximate surface area is 181 Å². The van der Waals surface area contributed by atoms with Crippen molar-refractivity contribution < 1.29 is 4.74 Å². The van der Waals surface area contributed by atoms with E-state index >= 15 is 0 Å². The van der Waals surface area contributed by atoms with E-state index in [9.17, 15) is 0 Å². The van der Waals surface area contributed by atoms with Crippen LogP contribution in [0.5, 0.6) is 0 Å². The van der Waals surface area contributed by atoms with Gasteiger partial charge in [-0.3, -0.25) is 0 Å². The van der Waals surface area contributed by atoms with E-state index in [0.717, 1.165) is 33.1 Å². The Bertz CT molecular complexity index is 1210. The number of benzene rings is 1. The van der Waals surface area contributed by atoms with Crippen molar-refractivity contribution in [2.24, 2.45) is 0 Å². The van der Waals surface area contributed by atoms with Crippen LogP contribution in [0, 0.1) is 0 Å². The van der Waals surface area contributed by atoms with Crippen molar-refractivity contribution in [3.8, 4) is 22.4 Å². The van der Waals surface area contributed by atoms with E-state index in [1.807, 2.05) is 30.3 Å². The van der Waals surface area contributed by atoms with Crippen molar-refractivity contribution in [1.29, 1.82) is 0 Å². The molecule has 3 aromatic heterocycles. The molecule has 1 atom stereocenters. The zero-order valence-electron chi connectivity index (χ0n) is 15.9. The van der Waals surface area contributed by atoms with Gasteiger partial charge in [0.2, 0.25) is 5.95 Å². The van der Waals surface area contributed by atoms with Gasteiger partial charge in [0, 0.05) is 47.1 Å². The normalized spacial score (nSPS) is 16.6. The highest BCUT2D eigenvalue weighted by molar-refractivity contribution is 9.10. The first-order valence-corrected chi connectivity index (χ1v) is 10.3. The van der Waals surface area contributed by atoms with Crippen LogP contribution >= 0.6 is 15.9 Å². The first-order valence-electron chi connectivity index (χ1n) is 9.51. The van der Waals surface area contributed by atoms with E-state index in [4.69, 9.17) is 15.5 Å². The van der Waals surface area contributed by atoms with Gasteiger partial charge < -0.3 is 15.8 Å². The number of hydrogen-bond acceptors (Lipinski definition) is 8. The second-order valence-electron chi connectivity index (χ2n) is 6.92. The predicted molar refractivity (Wildman–Crippen MR) is 117 cm³/mol. The molecule has 5 rings (SSSR count). The number of aromatic nitrogens is 5. The van der Waals surface area contributed by atoms with Gasteiger partial charge in [0.05, 0.1) is 12.3 Å². The van der Waals surface area contributed by atoms with E-state index in [1.165, 1.54) is 0 Å². The molecule has 30 heavy (non-hydrogen) atoms. The highest BCUT2D eigenvalue weighted by atomic mass is 79.9. The number of nitrogens with two attached hydrogens (primary N) is 1. The van der Waals surface area contributed by atoms with Crippen molar-refractivity contribution >= 4 is 32.9 Å². The summed E-state index contributed by atoms with van der Waals surface area (Å²) in [6.45, 7) is 2.20. The summed E-state index contributed by atoms with van der Waals surface area (Å²) in [5.74, 6) is 0.839. The van der Waals surface area contributed by atoms with Crippen LogP contribution in [-0.2, 0) is 4.74 Å². The number of nitrogens with zero attached hydrogens (tertiary/aromatic N) is 5. The highest BCUT2D eigenvalue weighted by Crippen LogP contribution is 2.32. The summed E-state index contributed by atoms with van der Waals surface area (Å²) in [6.07, 6.45) is 5.10. The molecule has 0 saturated carbocycles. The topological polar surface area (TPSA) is 112 Å². The van der Waals surface area contributed by atoms with Crippen molar-refractivity contribution in [2.75, 3.05) is 25.4 Å². The van der Waals surface area contributed by atoms with Crippen LogP contribution in [-0.4, -0.2) is 44.6 Å². The molecule has 4 aromatic rings. The molecule has 0 bridgehead atoms. The SMILES string of the molecule is Nc1ncc2c(-c3cccc(Br)c3)cc(-c3cnc(C4CNCCO4)nc3)nc2n1. The van der Waals surface area contributed by atoms with Crippen molar-refractivity contribution in [3.63, 3.8) is 0 Å². The maximum Gasteiger partial charge on any atom is 0.222 e. The van der Waals surface area contributed by atoms with E-state index in [1.54, 1.807) is 18.6 Å². The Hall–Kier alpha value is -3.01. The fraction of sp³-hybridized carbons (Fsp3) is 0.190. The summed E-state index contributed by atoms with van der Waals surface area (Å²) in [5, 5.41) is 4.11. The minimum Gasteiger partial charge on any atom is -0.368 e. The standard InChI is InChI=1S/C21H18BrN7O/c22-14-3-1-2-12(6-14)15-7-17(28-19-16(15)10-27-21(23)29-19)13-8-25-20(26-9-13)18-11-24-4-5-30-18/h1-3,6-10,18,24H,4-5,11H2,(H2,23,27,28,29). The highest BCUT2D eigenvalue weighted by Gasteiger charge is 2.19. The molecule has 0 amide bonds. The number of fused-ring (bicyclic) bond motifs is 1. The molecule has 1 aliphatic heterocycles. The van der Waals surface area contributed by atoms with Crippen LogP contribution in [0.3, 0.4) is 0 Å². The summed E-state index contributed by atoms with van der Waals surface area (Å²) in [7, 11) is 0. The average molecular weight is 464 g/mol. The molecule has 1 aliphatic rings. The molecule has 4 heterocycles. The first kappa shape index (κ1) is 19.0. The molecule has 8 nitrogen and oxygen atoms in total. The van der Waals surface area contributed by atoms with Gasteiger partial charge in [-0.05, 0) is 29.3 Å². The van der Waals surface area contributed by atoms with Gasteiger partial charge in [0.1, 0.15) is 6.10 Å². The maximum absolute atomic E-state index is 5.81. The second kappa shape index (κ2) is 8.02. The molecular formula is C21H18BrN7O. The predicted octanol–water partition coefficient (Wildman–Crippen LogP) is 3.15. The quantitative estimate of drug-likeness (QED) is 0.476. The Morgan fingerprint density at radius 1 is 1.03 bits per heavy atom. The minimum atomic E-state index is -0.137. The summed E-state index contributed by atoms with van der Waals surface area (Å²) in [4.78, 5) is 22.2. The first-order chi connectivity index (χ1) is 14.7. The number of ether oxygens (including phenoxy) is 1. The monoisotopic (exact) mass is 463 g/mol. The Balaban J connectivity index is 1.60. The zero-order valence-corrected chi connectivity index (χ0v) is 17.5. The molecule has 1 fully saturated rings. The molecule has 9 heteroatoms. The van der Waals surface area contributed by atoms with Gasteiger partial charge in [-0.25, -0.2) is 19.9 Å². The number of morpholine rings is 1. The largest absolute Gasteiger partial charge is 0.368 e. The molecule has 3 N–H and O–H groups in total. The number of anilines is 1. The van der Waals surface area contributed by atoms with E-state index in [2.05, 4.69) is 41.2 Å². The van der Waals surface area contributed by atoms with E-state index < -0.39 is 0 Å². The molecule has 0 spiro atoms. The summed E-state index contributed by atoms with van der Waals surface area (Å²) < 4.78 is 6.71. The zero-order chi connectivity index (χ0) is 20.5. The van der Waals surface area contributed by atoms with E-state index in [0.29, 0.717) is 30.3 Å². The smallest absolute Gasteiger partial charge is 0.222 e. The maximum atomic E-state index is 5.81. The van der Waals surface area contributed by atoms with Crippen molar-refractivity contribution in [1.82, 2.24) is 30.2 Å². The lowest BCUT2D eigenvalue weighted by molar-refractivity contribution is 0.0221. The van der Waals surface area contributed by atoms with Crippen molar-refractivity contribution in [3.05, 3.63) is 59.2 Å². The van der Waals surface area contributed by atoms with Gasteiger partial charge in [-0.15, -0.1) is 0 Å². The molecule has 0 aliphatic carbocycles. The lowest BCUT2D eigenvalue weighted by atomic mass is 10.0. The number of nitrogen functional groups attached to an aromatic ring is 1. The van der Waals surface area contributed by atoms with Crippen LogP contribution in [0.25, 0.3) is 33.4 Å². The number of halogens is 1. The number of hydrogen-bond donors (Lipinski definition) is 2. The number of rotatable bonds is 3. The third kappa shape index (κ3) is 3.74. The third-order valence-electron chi connectivity index (χ3n) is 4.90. The summed E-state index contributed by atoms with van der Waals surface area (Å²) >= 11 is 3.54. The van der Waals surface area contributed by atoms with Crippen LogP contribution in [0.4, 0.5) is 5.95 Å². The Kier molecular flexibility index (Phi) is 5.07. The third-order valence-corrected chi connectivity index (χ3v) is 5.40. The number of pyridine rings is 1. The lowest BCUT2D eigenvalue weighted by Crippen LogP contribution is -2.34. The molecule has 0 radical (unpaired) electrons. The van der Waals surface area contributed by atoms with Gasteiger partial charge in [-0.2, -0.15) is 4.98 Å². The van der Waals surface area contributed by atoms with E-state index in [-0.39, 0.29) is 12.1 Å². The van der Waals surface area contributed by atoms with Crippen LogP contribution < -0.4 is 11.1 Å². The summed E-state index contributed by atoms with van der Waals surface area (Å²) in [5.41, 5.74) is 9.82. The molecule has 1 saturated heterocycles. The molecule has 1 aromatic carbocycles. The average Bonchev–Trinajstić information content (AvgIpc) is 2.79.